The number of aliphatic hydroxyl groups excluding tert-OH is 2. The summed E-state index contributed by atoms with van der Waals surface area (Å²) in [6.07, 6.45) is 0. The normalized spacial score (nSPS) is 10.2. The molecule has 0 fully saturated rings. The van der Waals surface area contributed by atoms with Gasteiger partial charge in [-0.15, -0.1) is 0 Å². The average Bonchev–Trinajstić information content (AvgIpc) is 2.97. The molecule has 0 atom stereocenters. The predicted molar refractivity (Wildman–Crippen MR) is 143 cm³/mol. The first kappa shape index (κ1) is 26.5. The number of aliphatic hydroxyl groups is 2. The lowest BCUT2D eigenvalue weighted by atomic mass is 9.72. The molecule has 38 heavy (non-hydrogen) atoms. The topological polar surface area (TPSA) is 136 Å². The Morgan fingerprint density at radius 3 is 1.63 bits per heavy atom. The molecule has 0 amide bonds. The first-order chi connectivity index (χ1) is 18.5. The molecule has 0 aliphatic heterocycles. The van der Waals surface area contributed by atoms with Crippen molar-refractivity contribution in [2.24, 2.45) is 0 Å². The lowest BCUT2D eigenvalue weighted by Crippen LogP contribution is -2.40. The van der Waals surface area contributed by atoms with Crippen molar-refractivity contribution in [2.75, 3.05) is 0 Å². The van der Waals surface area contributed by atoms with E-state index in [1.54, 1.807) is 84.9 Å². The highest BCUT2D eigenvalue weighted by atomic mass is 16.5. The summed E-state index contributed by atoms with van der Waals surface area (Å²) in [6, 6.07) is 27.4. The monoisotopic (exact) mass is 504 g/mol. The molecule has 10 heteroatoms. The van der Waals surface area contributed by atoms with Crippen LogP contribution in [0.1, 0.15) is 22.3 Å². The smallest absolute Gasteiger partial charge is 0.470 e. The Hall–Kier alpha value is -4.57. The molecule has 0 aromatic heterocycles. The maximum absolute atomic E-state index is 10.7. The molecule has 4 aromatic rings. The lowest BCUT2D eigenvalue weighted by Gasteiger charge is -2.15. The van der Waals surface area contributed by atoms with E-state index in [1.807, 2.05) is 12.1 Å². The highest BCUT2D eigenvalue weighted by molar-refractivity contribution is 6.68. The van der Waals surface area contributed by atoms with Crippen molar-refractivity contribution in [3.8, 4) is 35.1 Å². The van der Waals surface area contributed by atoms with E-state index in [4.69, 9.17) is 24.6 Å². The lowest BCUT2D eigenvalue weighted by molar-refractivity contribution is 0.281. The van der Waals surface area contributed by atoms with Gasteiger partial charge in [0.1, 0.15) is 23.0 Å². The van der Waals surface area contributed by atoms with E-state index in [1.165, 1.54) is 0 Å². The third-order valence-corrected chi connectivity index (χ3v) is 5.73. The summed E-state index contributed by atoms with van der Waals surface area (Å²) >= 11 is 0. The van der Waals surface area contributed by atoms with Crippen molar-refractivity contribution in [3.05, 3.63) is 107 Å². The van der Waals surface area contributed by atoms with E-state index in [0.29, 0.717) is 56.2 Å². The van der Waals surface area contributed by atoms with Crippen molar-refractivity contribution in [1.29, 1.82) is 10.5 Å². The van der Waals surface area contributed by atoms with Gasteiger partial charge in [0.05, 0.1) is 36.5 Å². The van der Waals surface area contributed by atoms with E-state index in [-0.39, 0.29) is 20.7 Å². The predicted octanol–water partition coefficient (Wildman–Crippen LogP) is 2.38. The van der Waals surface area contributed by atoms with Gasteiger partial charge in [-0.1, -0.05) is 12.1 Å². The van der Waals surface area contributed by atoms with Gasteiger partial charge in [0.2, 0.25) is 0 Å². The van der Waals surface area contributed by atoms with Gasteiger partial charge in [0.25, 0.3) is 7.48 Å². The van der Waals surface area contributed by atoms with Crippen molar-refractivity contribution in [2.45, 2.75) is 13.2 Å². The summed E-state index contributed by atoms with van der Waals surface area (Å²) in [5.41, 5.74) is 3.07. The largest absolute Gasteiger partial charge is 0.476 e. The summed E-state index contributed by atoms with van der Waals surface area (Å²) in [6.45, 7) is -0.605. The minimum atomic E-state index is -1.33. The molecule has 0 saturated heterocycles. The second-order valence-corrected chi connectivity index (χ2v) is 8.25. The quantitative estimate of drug-likeness (QED) is 0.280. The number of nitrogens with zero attached hydrogens (tertiary/aromatic N) is 2. The van der Waals surface area contributed by atoms with E-state index >= 15 is 0 Å². The Labute approximate surface area is 220 Å². The van der Waals surface area contributed by atoms with Crippen LogP contribution in [0.25, 0.3) is 0 Å². The number of nitriles is 2. The van der Waals surface area contributed by atoms with Gasteiger partial charge >= 0.3 is 7.12 Å². The van der Waals surface area contributed by atoms with Crippen LogP contribution in [0.3, 0.4) is 0 Å². The second-order valence-electron chi connectivity index (χ2n) is 8.25. The maximum atomic E-state index is 10.7. The minimum Gasteiger partial charge on any atom is -0.470 e. The first-order valence-electron chi connectivity index (χ1n) is 11.6. The molecule has 0 unspecified atom stereocenters. The molecule has 3 N–H and O–H groups in total. The van der Waals surface area contributed by atoms with Crippen molar-refractivity contribution >= 4 is 25.5 Å². The Morgan fingerprint density at radius 1 is 0.658 bits per heavy atom. The molecule has 0 radical (unpaired) electrons. The molecule has 4 aromatic carbocycles. The number of rotatable bonds is 10. The Morgan fingerprint density at radius 2 is 1.13 bits per heavy atom. The van der Waals surface area contributed by atoms with Crippen molar-refractivity contribution in [1.82, 2.24) is 0 Å². The van der Waals surface area contributed by atoms with E-state index < -0.39 is 7.12 Å². The van der Waals surface area contributed by atoms with Gasteiger partial charge in [-0.05, 0) is 94.8 Å². The molecule has 0 bridgehead atoms. The molecule has 0 spiro atoms. The first-order valence-corrected chi connectivity index (χ1v) is 11.6. The van der Waals surface area contributed by atoms with Gasteiger partial charge in [-0.25, -0.2) is 0 Å². The maximum Gasteiger partial charge on any atom is 0.476 e. The Balaban J connectivity index is 1.41. The van der Waals surface area contributed by atoms with E-state index in [0.717, 1.165) is 0 Å². The minimum absolute atomic E-state index is 0.00255. The third-order valence-electron chi connectivity index (χ3n) is 5.73. The van der Waals surface area contributed by atoms with Crippen LogP contribution in [0.2, 0.25) is 0 Å². The summed E-state index contributed by atoms with van der Waals surface area (Å²) in [7, 11) is -1.33. The molecular weight excluding hydrogens is 482 g/mol. The van der Waals surface area contributed by atoms with Gasteiger partial charge < -0.3 is 29.3 Å². The van der Waals surface area contributed by atoms with Crippen LogP contribution in [0.5, 0.6) is 23.0 Å². The third kappa shape index (κ3) is 6.60. The van der Waals surface area contributed by atoms with Crippen LogP contribution in [0.15, 0.2) is 84.9 Å². The van der Waals surface area contributed by atoms with E-state index in [9.17, 15) is 15.2 Å². The Kier molecular flexibility index (Phi) is 8.78. The van der Waals surface area contributed by atoms with E-state index in [2.05, 4.69) is 0 Å². The molecule has 0 saturated carbocycles. The standard InChI is InChI=1S/C28H22B2N2O6/c31-15-19-1-5-23(6-2-19)36-25-9-11-27(21(13-25)17-33)29-38-30(35)28-12-10-26(14-22(28)18-34)37-24-7-3-20(16-32)4-8-24/h1-14,29,33-35H,17-18H2. The molecule has 8 nitrogen and oxygen atoms in total. The Bertz CT molecular complexity index is 1480. The zero-order chi connectivity index (χ0) is 26.9. The zero-order valence-corrected chi connectivity index (χ0v) is 20.2. The van der Waals surface area contributed by atoms with Crippen LogP contribution in [0.4, 0.5) is 0 Å². The molecule has 186 valence electrons. The zero-order valence-electron chi connectivity index (χ0n) is 20.2. The average molecular weight is 504 g/mol. The van der Waals surface area contributed by atoms with Crippen LogP contribution in [-0.2, 0) is 17.8 Å². The summed E-state index contributed by atoms with van der Waals surface area (Å²) in [5.74, 6) is 2.04. The van der Waals surface area contributed by atoms with Crippen LogP contribution < -0.4 is 20.4 Å². The summed E-state index contributed by atoms with van der Waals surface area (Å²) in [5, 5.41) is 48.2. The fraction of sp³-hybridized carbons (Fsp3) is 0.0714. The van der Waals surface area contributed by atoms with Crippen LogP contribution in [-0.4, -0.2) is 29.8 Å². The van der Waals surface area contributed by atoms with Crippen molar-refractivity contribution in [3.63, 3.8) is 0 Å². The fourth-order valence-corrected chi connectivity index (χ4v) is 3.70. The van der Waals surface area contributed by atoms with Crippen molar-refractivity contribution < 1.29 is 29.3 Å². The second kappa shape index (κ2) is 12.6. The molecule has 0 aliphatic carbocycles. The van der Waals surface area contributed by atoms with Gasteiger partial charge in [0, 0.05) is 0 Å². The number of ether oxygens (including phenoxy) is 2. The highest BCUT2D eigenvalue weighted by Gasteiger charge is 2.22. The van der Waals surface area contributed by atoms with Gasteiger partial charge in [-0.3, -0.25) is 0 Å². The molecule has 0 heterocycles. The SMILES string of the molecule is N#Cc1ccc(Oc2ccc(BOB(O)c3ccc(Oc4ccc(C#N)cc4)cc3CO)c(CO)c2)cc1. The van der Waals surface area contributed by atoms with Gasteiger partial charge in [-0.2, -0.15) is 10.5 Å². The molecule has 4 rings (SSSR count). The number of hydrogen-bond acceptors (Lipinski definition) is 8. The number of benzene rings is 4. The van der Waals surface area contributed by atoms with Crippen LogP contribution in [0, 0.1) is 22.7 Å². The summed E-state index contributed by atoms with van der Waals surface area (Å²) < 4.78 is 17.2. The number of hydrogen-bond donors (Lipinski definition) is 3. The molecule has 0 aliphatic rings. The highest BCUT2D eigenvalue weighted by Crippen LogP contribution is 2.23. The molecular formula is C28H22B2N2O6. The fourth-order valence-electron chi connectivity index (χ4n) is 3.70. The summed E-state index contributed by atoms with van der Waals surface area (Å²) in [4.78, 5) is 0. The van der Waals surface area contributed by atoms with Gasteiger partial charge in [0.15, 0.2) is 0 Å². The van der Waals surface area contributed by atoms with Crippen LogP contribution >= 0.6 is 0 Å².